The number of rotatable bonds is 4. The lowest BCUT2D eigenvalue weighted by Crippen LogP contribution is -2.39. The average molecular weight is 279 g/mol. The summed E-state index contributed by atoms with van der Waals surface area (Å²) in [6.45, 7) is 0.536. The predicted octanol–water partition coefficient (Wildman–Crippen LogP) is 1.02. The highest BCUT2D eigenvalue weighted by atomic mass is 16.6. The van der Waals surface area contributed by atoms with E-state index in [1.807, 2.05) is 0 Å². The molecule has 1 aliphatic carbocycles. The van der Waals surface area contributed by atoms with Crippen molar-refractivity contribution in [3.63, 3.8) is 0 Å². The Bertz CT molecular complexity index is 540. The van der Waals surface area contributed by atoms with Crippen molar-refractivity contribution in [1.82, 2.24) is 4.90 Å². The zero-order valence-electron chi connectivity index (χ0n) is 11.2. The lowest BCUT2D eigenvalue weighted by Gasteiger charge is -2.34. The summed E-state index contributed by atoms with van der Waals surface area (Å²) in [7, 11) is 1.65. The Labute approximate surface area is 116 Å². The number of hydrogen-bond acceptors (Lipinski definition) is 5. The number of nitro groups is 1. The Kier molecular flexibility index (Phi) is 3.89. The van der Waals surface area contributed by atoms with Gasteiger partial charge in [0.1, 0.15) is 5.69 Å². The number of carbonyl (C=O) groups excluding carboxylic acids is 1. The Hall–Kier alpha value is -2.15. The molecule has 7 nitrogen and oxygen atoms in total. The van der Waals surface area contributed by atoms with Crippen LogP contribution in [0.15, 0.2) is 18.2 Å². The quantitative estimate of drug-likeness (QED) is 0.485. The van der Waals surface area contributed by atoms with Gasteiger partial charge in [-0.1, -0.05) is 0 Å². The van der Waals surface area contributed by atoms with Gasteiger partial charge in [0.05, 0.1) is 11.0 Å². The van der Waals surface area contributed by atoms with Crippen LogP contribution in [0.1, 0.15) is 23.2 Å². The van der Waals surface area contributed by atoms with Crippen molar-refractivity contribution in [2.24, 2.45) is 5.92 Å². The molecule has 108 valence electrons. The molecule has 0 radical (unpaired) electrons. The minimum Gasteiger partial charge on any atom is -0.393 e. The molecule has 20 heavy (non-hydrogen) atoms. The molecule has 2 rings (SSSR count). The first-order valence-corrected chi connectivity index (χ1v) is 6.36. The molecule has 0 aliphatic heterocycles. The summed E-state index contributed by atoms with van der Waals surface area (Å²) in [5, 5.41) is 20.0. The minimum atomic E-state index is -0.603. The Morgan fingerprint density at radius 3 is 2.75 bits per heavy atom. The number of amides is 1. The molecule has 0 atom stereocenters. The van der Waals surface area contributed by atoms with Gasteiger partial charge in [-0.2, -0.15) is 0 Å². The third-order valence-electron chi connectivity index (χ3n) is 3.56. The van der Waals surface area contributed by atoms with Crippen LogP contribution >= 0.6 is 0 Å². The summed E-state index contributed by atoms with van der Waals surface area (Å²) in [5.41, 5.74) is 5.52. The molecular formula is C13H17N3O4. The molecule has 0 spiro atoms. The van der Waals surface area contributed by atoms with E-state index in [1.165, 1.54) is 23.1 Å². The summed E-state index contributed by atoms with van der Waals surface area (Å²) in [6.07, 6.45) is 1.13. The summed E-state index contributed by atoms with van der Waals surface area (Å²) >= 11 is 0. The van der Waals surface area contributed by atoms with Gasteiger partial charge in [0.25, 0.3) is 11.6 Å². The van der Waals surface area contributed by atoms with Crippen LogP contribution in [0.2, 0.25) is 0 Å². The van der Waals surface area contributed by atoms with E-state index in [1.54, 1.807) is 7.05 Å². The number of anilines is 1. The molecule has 0 bridgehead atoms. The van der Waals surface area contributed by atoms with E-state index in [-0.39, 0.29) is 28.9 Å². The van der Waals surface area contributed by atoms with Crippen molar-refractivity contribution in [3.8, 4) is 0 Å². The normalized spacial score (nSPS) is 21.1. The van der Waals surface area contributed by atoms with Gasteiger partial charge in [0.2, 0.25) is 0 Å². The van der Waals surface area contributed by atoms with E-state index in [4.69, 9.17) is 5.73 Å². The molecule has 7 heteroatoms. The second-order valence-electron chi connectivity index (χ2n) is 5.21. The van der Waals surface area contributed by atoms with Crippen molar-refractivity contribution in [3.05, 3.63) is 33.9 Å². The van der Waals surface area contributed by atoms with Crippen molar-refractivity contribution in [2.75, 3.05) is 19.3 Å². The van der Waals surface area contributed by atoms with Crippen LogP contribution in [0.5, 0.6) is 0 Å². The topological polar surface area (TPSA) is 110 Å². The highest BCUT2D eigenvalue weighted by molar-refractivity contribution is 5.95. The fourth-order valence-electron chi connectivity index (χ4n) is 2.37. The molecule has 1 aliphatic rings. The van der Waals surface area contributed by atoms with Crippen molar-refractivity contribution in [2.45, 2.75) is 18.9 Å². The standard InChI is InChI=1S/C13H17N3O4/c1-15(7-8-4-10(17)5-8)13(18)9-2-3-11(14)12(6-9)16(19)20/h2-3,6,8,10,17H,4-5,7,14H2,1H3. The number of benzene rings is 1. The smallest absolute Gasteiger partial charge is 0.292 e. The largest absolute Gasteiger partial charge is 0.393 e. The third-order valence-corrected chi connectivity index (χ3v) is 3.56. The number of nitrogen functional groups attached to an aromatic ring is 1. The van der Waals surface area contributed by atoms with Crippen LogP contribution < -0.4 is 5.73 Å². The van der Waals surface area contributed by atoms with Gasteiger partial charge in [0, 0.05) is 25.2 Å². The third kappa shape index (κ3) is 2.88. The van der Waals surface area contributed by atoms with Crippen LogP contribution in [0.25, 0.3) is 0 Å². The average Bonchev–Trinajstić information content (AvgIpc) is 2.36. The van der Waals surface area contributed by atoms with Gasteiger partial charge >= 0.3 is 0 Å². The maximum atomic E-state index is 12.2. The van der Waals surface area contributed by atoms with Gasteiger partial charge in [-0.25, -0.2) is 0 Å². The summed E-state index contributed by atoms with van der Waals surface area (Å²) in [6, 6.07) is 4.05. The lowest BCUT2D eigenvalue weighted by atomic mass is 9.82. The van der Waals surface area contributed by atoms with Gasteiger partial charge in [-0.15, -0.1) is 0 Å². The first-order chi connectivity index (χ1) is 9.38. The van der Waals surface area contributed by atoms with Crippen LogP contribution in [0, 0.1) is 16.0 Å². The number of carbonyl (C=O) groups is 1. The van der Waals surface area contributed by atoms with E-state index < -0.39 is 4.92 Å². The van der Waals surface area contributed by atoms with Crippen molar-refractivity contribution >= 4 is 17.3 Å². The molecule has 1 aromatic carbocycles. The summed E-state index contributed by atoms with van der Waals surface area (Å²) < 4.78 is 0. The molecule has 0 saturated heterocycles. The fourth-order valence-corrected chi connectivity index (χ4v) is 2.37. The van der Waals surface area contributed by atoms with Crippen molar-refractivity contribution < 1.29 is 14.8 Å². The number of nitrogens with zero attached hydrogens (tertiary/aromatic N) is 2. The highest BCUT2D eigenvalue weighted by Crippen LogP contribution is 2.28. The predicted molar refractivity (Wildman–Crippen MR) is 73.2 cm³/mol. The van der Waals surface area contributed by atoms with Crippen molar-refractivity contribution in [1.29, 1.82) is 0 Å². The summed E-state index contributed by atoms with van der Waals surface area (Å²) in [4.78, 5) is 23.9. The van der Waals surface area contributed by atoms with Gasteiger partial charge in [-0.05, 0) is 30.9 Å². The second kappa shape index (κ2) is 5.46. The number of aliphatic hydroxyl groups is 1. The van der Waals surface area contributed by atoms with Crippen LogP contribution in [0.3, 0.4) is 0 Å². The van der Waals surface area contributed by atoms with E-state index >= 15 is 0 Å². The van der Waals surface area contributed by atoms with Crippen LogP contribution in [0.4, 0.5) is 11.4 Å². The molecule has 0 heterocycles. The van der Waals surface area contributed by atoms with Gasteiger partial charge < -0.3 is 15.7 Å². The molecule has 1 amide bonds. The molecule has 1 fully saturated rings. The molecule has 1 saturated carbocycles. The number of nitro benzene ring substituents is 1. The van der Waals surface area contributed by atoms with Gasteiger partial charge in [0.15, 0.2) is 0 Å². The zero-order chi connectivity index (χ0) is 14.9. The first-order valence-electron chi connectivity index (χ1n) is 6.36. The maximum Gasteiger partial charge on any atom is 0.292 e. The molecule has 3 N–H and O–H groups in total. The molecule has 0 unspecified atom stereocenters. The van der Waals surface area contributed by atoms with Crippen LogP contribution in [-0.2, 0) is 0 Å². The Morgan fingerprint density at radius 1 is 1.55 bits per heavy atom. The number of aliphatic hydroxyl groups excluding tert-OH is 1. The zero-order valence-corrected chi connectivity index (χ0v) is 11.2. The molecular weight excluding hydrogens is 262 g/mol. The van der Waals surface area contributed by atoms with Gasteiger partial charge in [-0.3, -0.25) is 14.9 Å². The second-order valence-corrected chi connectivity index (χ2v) is 5.21. The summed E-state index contributed by atoms with van der Waals surface area (Å²) in [5.74, 6) is 0.0113. The molecule has 0 aromatic heterocycles. The van der Waals surface area contributed by atoms with E-state index in [0.29, 0.717) is 25.3 Å². The monoisotopic (exact) mass is 279 g/mol. The fraction of sp³-hybridized carbons (Fsp3) is 0.462. The van der Waals surface area contributed by atoms with E-state index in [0.717, 1.165) is 0 Å². The minimum absolute atomic E-state index is 0.0383. The number of hydrogen-bond donors (Lipinski definition) is 2. The Morgan fingerprint density at radius 2 is 2.20 bits per heavy atom. The highest BCUT2D eigenvalue weighted by Gasteiger charge is 2.29. The molecule has 1 aromatic rings. The Balaban J connectivity index is 2.08. The first kappa shape index (κ1) is 14.3. The SMILES string of the molecule is CN(CC1CC(O)C1)C(=O)c1ccc(N)c([N+](=O)[O-])c1. The van der Waals surface area contributed by atoms with Crippen LogP contribution in [-0.4, -0.2) is 40.5 Å². The van der Waals surface area contributed by atoms with E-state index in [9.17, 15) is 20.0 Å². The van der Waals surface area contributed by atoms with E-state index in [2.05, 4.69) is 0 Å². The maximum absolute atomic E-state index is 12.2. The lowest BCUT2D eigenvalue weighted by molar-refractivity contribution is -0.383. The number of nitrogens with two attached hydrogens (primary N) is 1.